The van der Waals surface area contributed by atoms with Crippen molar-refractivity contribution in [1.82, 2.24) is 19.5 Å². The molecule has 114 valence electrons. The van der Waals surface area contributed by atoms with Gasteiger partial charge < -0.3 is 20.1 Å². The molecule has 4 atom stereocenters. The van der Waals surface area contributed by atoms with Crippen molar-refractivity contribution in [3.63, 3.8) is 0 Å². The van der Waals surface area contributed by atoms with Crippen LogP contribution in [0.1, 0.15) is 6.23 Å². The molecular weight excluding hydrogens is 300 g/mol. The van der Waals surface area contributed by atoms with Gasteiger partial charge in [-0.15, -0.1) is 0 Å². The number of hydrogen-bond donors (Lipinski definition) is 4. The van der Waals surface area contributed by atoms with E-state index in [1.54, 1.807) is 6.26 Å². The van der Waals surface area contributed by atoms with Crippen LogP contribution in [-0.4, -0.2) is 66.0 Å². The molecular formula is C11H14N4O5S. The van der Waals surface area contributed by atoms with Gasteiger partial charge in [0.15, 0.2) is 22.5 Å². The van der Waals surface area contributed by atoms with E-state index in [4.69, 9.17) is 4.74 Å². The lowest BCUT2D eigenvalue weighted by atomic mass is 10.0. The number of fused-ring (bicyclic) bond motifs is 1. The highest BCUT2D eigenvalue weighted by atomic mass is 32.2. The van der Waals surface area contributed by atoms with Crippen molar-refractivity contribution >= 4 is 22.9 Å². The molecule has 3 heterocycles. The summed E-state index contributed by atoms with van der Waals surface area (Å²) in [5.74, 6) is 0. The Morgan fingerprint density at radius 1 is 1.43 bits per heavy atom. The van der Waals surface area contributed by atoms with Gasteiger partial charge in [0.25, 0.3) is 5.56 Å². The summed E-state index contributed by atoms with van der Waals surface area (Å²) in [6.07, 6.45) is -1.76. The number of aromatic nitrogens is 4. The van der Waals surface area contributed by atoms with Crippen LogP contribution in [-0.2, 0) is 4.74 Å². The molecule has 0 bridgehead atoms. The van der Waals surface area contributed by atoms with Gasteiger partial charge in [-0.25, -0.2) is 9.97 Å². The van der Waals surface area contributed by atoms with E-state index in [1.165, 1.54) is 22.7 Å². The van der Waals surface area contributed by atoms with Crippen LogP contribution in [0.15, 0.2) is 16.3 Å². The molecule has 0 radical (unpaired) electrons. The summed E-state index contributed by atoms with van der Waals surface area (Å²) < 4.78 is 6.72. The first-order valence-electron chi connectivity index (χ1n) is 6.19. The molecule has 2 aromatic heterocycles. The Kier molecular flexibility index (Phi) is 3.71. The average molecular weight is 314 g/mol. The summed E-state index contributed by atoms with van der Waals surface area (Å²) in [6.45, 7) is -0.138. The quantitative estimate of drug-likeness (QED) is 0.387. The van der Waals surface area contributed by atoms with E-state index in [-0.39, 0.29) is 17.8 Å². The Morgan fingerprint density at radius 3 is 2.90 bits per heavy atom. The van der Waals surface area contributed by atoms with Gasteiger partial charge in [-0.3, -0.25) is 14.3 Å². The maximum Gasteiger partial charge on any atom is 0.279 e. The normalized spacial score (nSPS) is 29.9. The van der Waals surface area contributed by atoms with E-state index >= 15 is 0 Å². The number of aliphatic hydroxyl groups is 3. The van der Waals surface area contributed by atoms with Gasteiger partial charge in [0.1, 0.15) is 18.3 Å². The van der Waals surface area contributed by atoms with Crippen LogP contribution in [0, 0.1) is 0 Å². The van der Waals surface area contributed by atoms with Crippen molar-refractivity contribution in [2.75, 3.05) is 12.9 Å². The fourth-order valence-electron chi connectivity index (χ4n) is 2.22. The molecule has 4 N–H and O–H groups in total. The molecule has 0 spiro atoms. The molecule has 1 aliphatic heterocycles. The molecule has 1 saturated heterocycles. The molecule has 1 aliphatic rings. The largest absolute Gasteiger partial charge is 0.388 e. The molecule has 1 fully saturated rings. The molecule has 0 amide bonds. The van der Waals surface area contributed by atoms with Crippen molar-refractivity contribution in [2.24, 2.45) is 0 Å². The molecule has 0 aliphatic carbocycles. The maximum atomic E-state index is 11.9. The number of ether oxygens (including phenoxy) is 1. The third kappa shape index (κ3) is 2.34. The van der Waals surface area contributed by atoms with E-state index in [2.05, 4.69) is 15.0 Å². The molecule has 3 rings (SSSR count). The van der Waals surface area contributed by atoms with Crippen molar-refractivity contribution in [2.45, 2.75) is 29.7 Å². The highest BCUT2D eigenvalue weighted by molar-refractivity contribution is 7.98. The minimum absolute atomic E-state index is 0.115. The lowest BCUT2D eigenvalue weighted by Gasteiger charge is -2.35. The third-order valence-electron chi connectivity index (χ3n) is 3.35. The monoisotopic (exact) mass is 314 g/mol. The fourth-order valence-corrected chi connectivity index (χ4v) is 2.60. The second-order valence-corrected chi connectivity index (χ2v) is 5.47. The van der Waals surface area contributed by atoms with E-state index in [1.807, 2.05) is 0 Å². The fraction of sp³-hybridized carbons (Fsp3) is 0.545. The van der Waals surface area contributed by atoms with E-state index in [9.17, 15) is 20.1 Å². The summed E-state index contributed by atoms with van der Waals surface area (Å²) >= 11 is 1.26. The van der Waals surface area contributed by atoms with E-state index in [0.717, 1.165) is 0 Å². The zero-order chi connectivity index (χ0) is 15.1. The van der Waals surface area contributed by atoms with Crippen LogP contribution in [0.2, 0.25) is 0 Å². The maximum absolute atomic E-state index is 11.9. The van der Waals surface area contributed by atoms with Crippen LogP contribution in [0.3, 0.4) is 0 Å². The summed E-state index contributed by atoms with van der Waals surface area (Å²) in [5.41, 5.74) is -0.0334. The van der Waals surface area contributed by atoms with E-state index < -0.39 is 30.1 Å². The van der Waals surface area contributed by atoms with Gasteiger partial charge in [0.05, 0.1) is 12.9 Å². The predicted molar refractivity (Wildman–Crippen MR) is 72.9 cm³/mol. The Bertz CT molecular complexity index is 716. The molecule has 9 nitrogen and oxygen atoms in total. The van der Waals surface area contributed by atoms with Crippen LogP contribution in [0.4, 0.5) is 0 Å². The topological polar surface area (TPSA) is 133 Å². The second-order valence-electron chi connectivity index (χ2n) is 4.67. The summed E-state index contributed by atoms with van der Waals surface area (Å²) in [6, 6.07) is 0. The minimum atomic E-state index is -1.36. The Balaban J connectivity index is 2.08. The first-order valence-corrected chi connectivity index (χ1v) is 7.42. The van der Waals surface area contributed by atoms with Gasteiger partial charge in [0, 0.05) is 0 Å². The highest BCUT2D eigenvalue weighted by Crippen LogP contribution is 2.26. The Labute approximate surface area is 122 Å². The van der Waals surface area contributed by atoms with Crippen molar-refractivity contribution in [1.29, 1.82) is 0 Å². The zero-order valence-corrected chi connectivity index (χ0v) is 11.8. The van der Waals surface area contributed by atoms with Crippen molar-refractivity contribution < 1.29 is 20.1 Å². The smallest absolute Gasteiger partial charge is 0.279 e. The predicted octanol–water partition coefficient (Wildman–Crippen LogP) is -1.55. The number of nitrogens with zero attached hydrogens (tertiary/aromatic N) is 3. The van der Waals surface area contributed by atoms with Gasteiger partial charge in [0.2, 0.25) is 0 Å². The van der Waals surface area contributed by atoms with Crippen LogP contribution in [0.25, 0.3) is 11.2 Å². The Morgan fingerprint density at radius 2 is 2.19 bits per heavy atom. The SMILES string of the molecule is CSc1nc2c(ncn2[C@@H]2OC[C@@H](O)[C@@H](O)[C@@H]2O)c(=O)[nH]1. The van der Waals surface area contributed by atoms with Crippen LogP contribution >= 0.6 is 11.8 Å². The lowest BCUT2D eigenvalue weighted by molar-refractivity contribution is -0.210. The van der Waals surface area contributed by atoms with Crippen LogP contribution < -0.4 is 5.56 Å². The molecule has 0 unspecified atom stereocenters. The first kappa shape index (κ1) is 14.5. The number of aromatic amines is 1. The van der Waals surface area contributed by atoms with Crippen molar-refractivity contribution in [3.05, 3.63) is 16.7 Å². The minimum Gasteiger partial charge on any atom is -0.388 e. The van der Waals surface area contributed by atoms with Gasteiger partial charge in [-0.1, -0.05) is 11.8 Å². The molecule has 2 aromatic rings. The number of rotatable bonds is 2. The standard InChI is InChI=1S/C11H14N4O5S/c1-21-11-13-8-5(9(19)14-11)12-3-15(8)10-7(18)6(17)4(16)2-20-10/h3-4,6-7,10,16-18H,2H2,1H3,(H,13,14,19)/t4-,6-,7+,10-/m1/s1. The summed E-state index contributed by atoms with van der Waals surface area (Å²) in [5, 5.41) is 29.6. The number of nitrogens with one attached hydrogen (secondary N) is 1. The van der Waals surface area contributed by atoms with Crippen molar-refractivity contribution in [3.8, 4) is 0 Å². The number of thioether (sulfide) groups is 1. The number of H-pyrrole nitrogens is 1. The summed E-state index contributed by atoms with van der Waals surface area (Å²) in [7, 11) is 0. The van der Waals surface area contributed by atoms with Gasteiger partial charge in [-0.05, 0) is 6.26 Å². The molecule has 0 aromatic carbocycles. The second kappa shape index (κ2) is 5.39. The Hall–Kier alpha value is -1.46. The molecule has 21 heavy (non-hydrogen) atoms. The lowest BCUT2D eigenvalue weighted by Crippen LogP contribution is -2.50. The molecule has 10 heteroatoms. The number of hydrogen-bond acceptors (Lipinski definition) is 8. The zero-order valence-electron chi connectivity index (χ0n) is 11.0. The molecule has 0 saturated carbocycles. The average Bonchev–Trinajstić information content (AvgIpc) is 2.89. The summed E-state index contributed by atoms with van der Waals surface area (Å²) in [4.78, 5) is 22.6. The number of imidazole rings is 1. The third-order valence-corrected chi connectivity index (χ3v) is 3.93. The van der Waals surface area contributed by atoms with Gasteiger partial charge >= 0.3 is 0 Å². The number of aliphatic hydroxyl groups excluding tert-OH is 3. The van der Waals surface area contributed by atoms with Gasteiger partial charge in [-0.2, -0.15) is 0 Å². The van der Waals surface area contributed by atoms with E-state index in [0.29, 0.717) is 5.16 Å². The van der Waals surface area contributed by atoms with Crippen LogP contribution in [0.5, 0.6) is 0 Å². The highest BCUT2D eigenvalue weighted by Gasteiger charge is 2.39. The first-order chi connectivity index (χ1) is 10.0.